The standard InChI is InChI=1S/C21H38.2C6H12.3C2H6/c1-4-10-18(11-5-1)16-21(20-14-8-3-9-15-20)17-19-12-6-2-7-13-19;2*1-2-4-6-5-3-1;3*1-2/h18-21H,1-17H2;2*1-6H2;3*1-2H3. The summed E-state index contributed by atoms with van der Waals surface area (Å²) < 4.78 is 0. The van der Waals surface area contributed by atoms with Gasteiger partial charge in [0.1, 0.15) is 0 Å². The van der Waals surface area contributed by atoms with Crippen LogP contribution in [0.3, 0.4) is 0 Å². The monoisotopic (exact) mass is 549 g/mol. The Labute approximate surface area is 251 Å². The molecule has 0 spiro atoms. The fourth-order valence-corrected chi connectivity index (χ4v) is 7.91. The predicted octanol–water partition coefficient (Wildman–Crippen LogP) is 14.9. The van der Waals surface area contributed by atoms with Crippen LogP contribution in [0, 0.1) is 23.7 Å². The van der Waals surface area contributed by atoms with Crippen molar-refractivity contribution in [2.24, 2.45) is 23.7 Å². The van der Waals surface area contributed by atoms with Crippen molar-refractivity contribution in [2.75, 3.05) is 0 Å². The first kappa shape index (κ1) is 39.0. The molecule has 236 valence electrons. The Hall–Kier alpha value is 0. The highest BCUT2D eigenvalue weighted by Crippen LogP contribution is 2.42. The topological polar surface area (TPSA) is 0 Å². The van der Waals surface area contributed by atoms with Crippen LogP contribution in [0.25, 0.3) is 0 Å². The third kappa shape index (κ3) is 21.4. The van der Waals surface area contributed by atoms with E-state index in [1.165, 1.54) is 135 Å². The Morgan fingerprint density at radius 1 is 0.308 bits per heavy atom. The molecule has 0 aliphatic heterocycles. The van der Waals surface area contributed by atoms with Crippen LogP contribution in [0.2, 0.25) is 0 Å². The van der Waals surface area contributed by atoms with E-state index in [4.69, 9.17) is 0 Å². The Bertz CT molecular complexity index is 358. The summed E-state index contributed by atoms with van der Waals surface area (Å²) in [5.74, 6) is 4.43. The lowest BCUT2D eigenvalue weighted by molar-refractivity contribution is 0.149. The van der Waals surface area contributed by atoms with Gasteiger partial charge in [-0.2, -0.15) is 0 Å². The zero-order chi connectivity index (χ0) is 28.8. The molecule has 0 aromatic heterocycles. The van der Waals surface area contributed by atoms with E-state index in [9.17, 15) is 0 Å². The van der Waals surface area contributed by atoms with Gasteiger partial charge in [-0.15, -0.1) is 0 Å². The van der Waals surface area contributed by atoms with E-state index in [2.05, 4.69) is 0 Å². The molecule has 0 heterocycles. The molecule has 0 unspecified atom stereocenters. The molecule has 5 aliphatic carbocycles. The van der Waals surface area contributed by atoms with Crippen LogP contribution >= 0.6 is 0 Å². The summed E-state index contributed by atoms with van der Waals surface area (Å²) in [6.07, 6.45) is 44.4. The zero-order valence-corrected chi connectivity index (χ0v) is 28.8. The minimum Gasteiger partial charge on any atom is -0.0683 e. The molecule has 0 nitrogen and oxygen atoms in total. The van der Waals surface area contributed by atoms with Crippen molar-refractivity contribution >= 4 is 0 Å². The van der Waals surface area contributed by atoms with Gasteiger partial charge in [0, 0.05) is 0 Å². The Kier molecular flexibility index (Phi) is 30.9. The highest BCUT2D eigenvalue weighted by molar-refractivity contribution is 4.81. The smallest absolute Gasteiger partial charge is 0.0381 e. The van der Waals surface area contributed by atoms with Crippen molar-refractivity contribution in [1.82, 2.24) is 0 Å². The molecular formula is C39H80. The van der Waals surface area contributed by atoms with E-state index >= 15 is 0 Å². The molecule has 0 N–H and O–H groups in total. The lowest BCUT2D eigenvalue weighted by Gasteiger charge is -2.37. The summed E-state index contributed by atoms with van der Waals surface area (Å²) in [4.78, 5) is 0. The lowest BCUT2D eigenvalue weighted by atomic mass is 9.69. The average molecular weight is 549 g/mol. The van der Waals surface area contributed by atoms with Crippen molar-refractivity contribution in [2.45, 2.75) is 228 Å². The number of rotatable bonds is 5. The average Bonchev–Trinajstić information content (AvgIpc) is 3.07. The first-order valence-electron chi connectivity index (χ1n) is 19.4. The van der Waals surface area contributed by atoms with Gasteiger partial charge in [-0.3, -0.25) is 0 Å². The third-order valence-corrected chi connectivity index (χ3v) is 10.0. The number of hydrogen-bond donors (Lipinski definition) is 0. The van der Waals surface area contributed by atoms with Gasteiger partial charge in [-0.05, 0) is 36.5 Å². The van der Waals surface area contributed by atoms with Gasteiger partial charge in [0.05, 0.1) is 0 Å². The van der Waals surface area contributed by atoms with E-state index in [0.717, 1.165) is 23.7 Å². The summed E-state index contributed by atoms with van der Waals surface area (Å²) in [5, 5.41) is 0. The second-order valence-corrected chi connectivity index (χ2v) is 12.9. The van der Waals surface area contributed by atoms with Crippen molar-refractivity contribution < 1.29 is 0 Å². The molecule has 0 bridgehead atoms. The van der Waals surface area contributed by atoms with Crippen LogP contribution < -0.4 is 0 Å². The summed E-state index contributed by atoms with van der Waals surface area (Å²) in [6, 6.07) is 0. The van der Waals surface area contributed by atoms with Gasteiger partial charge >= 0.3 is 0 Å². The van der Waals surface area contributed by atoms with Crippen LogP contribution in [0.1, 0.15) is 228 Å². The van der Waals surface area contributed by atoms with Gasteiger partial charge in [0.15, 0.2) is 0 Å². The van der Waals surface area contributed by atoms with Gasteiger partial charge < -0.3 is 0 Å². The van der Waals surface area contributed by atoms with E-state index in [-0.39, 0.29) is 0 Å². The Balaban J connectivity index is 0.000000655. The summed E-state index contributed by atoms with van der Waals surface area (Å²) in [5.41, 5.74) is 0. The second kappa shape index (κ2) is 30.9. The zero-order valence-electron chi connectivity index (χ0n) is 28.8. The maximum atomic E-state index is 2.00. The quantitative estimate of drug-likeness (QED) is 0.320. The molecule has 5 aliphatic rings. The molecule has 0 amide bonds. The summed E-state index contributed by atoms with van der Waals surface area (Å²) >= 11 is 0. The molecule has 0 atom stereocenters. The van der Waals surface area contributed by atoms with Crippen LogP contribution in [0.15, 0.2) is 0 Å². The minimum atomic E-state index is 1.11. The van der Waals surface area contributed by atoms with Gasteiger partial charge in [-0.25, -0.2) is 0 Å². The SMILES string of the molecule is C1CCC(CC(CC2CCCCC2)C2CCCCC2)CC1.C1CCCCC1.C1CCCCC1.CC.CC.CC. The van der Waals surface area contributed by atoms with Crippen molar-refractivity contribution in [3.63, 3.8) is 0 Å². The maximum Gasteiger partial charge on any atom is -0.0381 e. The highest BCUT2D eigenvalue weighted by atomic mass is 14.3. The normalized spacial score (nSPS) is 22.5. The molecular weight excluding hydrogens is 468 g/mol. The largest absolute Gasteiger partial charge is 0.0683 e. The molecule has 0 saturated heterocycles. The molecule has 0 aromatic rings. The molecule has 5 saturated carbocycles. The van der Waals surface area contributed by atoms with Gasteiger partial charge in [0.25, 0.3) is 0 Å². The molecule has 0 heteroatoms. The maximum absolute atomic E-state index is 2.00. The first-order chi connectivity index (χ1) is 19.4. The molecule has 39 heavy (non-hydrogen) atoms. The fourth-order valence-electron chi connectivity index (χ4n) is 7.91. The van der Waals surface area contributed by atoms with E-state index in [1.807, 2.05) is 41.5 Å². The lowest BCUT2D eigenvalue weighted by Crippen LogP contribution is -2.25. The minimum absolute atomic E-state index is 1.11. The fraction of sp³-hybridized carbons (Fsp3) is 1.00. The van der Waals surface area contributed by atoms with E-state index < -0.39 is 0 Å². The Morgan fingerprint density at radius 3 is 0.769 bits per heavy atom. The van der Waals surface area contributed by atoms with E-state index in [0.29, 0.717) is 0 Å². The summed E-state index contributed by atoms with van der Waals surface area (Å²) in [6.45, 7) is 12.0. The van der Waals surface area contributed by atoms with Crippen LogP contribution in [-0.4, -0.2) is 0 Å². The van der Waals surface area contributed by atoms with Crippen molar-refractivity contribution in [3.8, 4) is 0 Å². The molecule has 0 aromatic carbocycles. The van der Waals surface area contributed by atoms with Gasteiger partial charge in [-0.1, -0.05) is 215 Å². The summed E-state index contributed by atoms with van der Waals surface area (Å²) in [7, 11) is 0. The van der Waals surface area contributed by atoms with E-state index in [1.54, 1.807) is 51.4 Å². The molecule has 5 rings (SSSR count). The Morgan fingerprint density at radius 2 is 0.513 bits per heavy atom. The van der Waals surface area contributed by atoms with Crippen LogP contribution in [0.5, 0.6) is 0 Å². The van der Waals surface area contributed by atoms with Crippen LogP contribution in [-0.2, 0) is 0 Å². The third-order valence-electron chi connectivity index (χ3n) is 10.0. The molecule has 0 radical (unpaired) electrons. The van der Waals surface area contributed by atoms with Crippen LogP contribution in [0.4, 0.5) is 0 Å². The predicted molar refractivity (Wildman–Crippen MR) is 182 cm³/mol. The van der Waals surface area contributed by atoms with Crippen molar-refractivity contribution in [1.29, 1.82) is 0 Å². The number of hydrogen-bond acceptors (Lipinski definition) is 0. The van der Waals surface area contributed by atoms with Gasteiger partial charge in [0.2, 0.25) is 0 Å². The second-order valence-electron chi connectivity index (χ2n) is 12.9. The molecule has 5 fully saturated rings. The highest BCUT2D eigenvalue weighted by Gasteiger charge is 2.29. The first-order valence-corrected chi connectivity index (χ1v) is 19.4. The van der Waals surface area contributed by atoms with Crippen molar-refractivity contribution in [3.05, 3.63) is 0 Å².